The van der Waals surface area contributed by atoms with Crippen LogP contribution in [-0.2, 0) is 19.6 Å². The second-order valence-electron chi connectivity index (χ2n) is 7.01. The van der Waals surface area contributed by atoms with Gasteiger partial charge in [0.1, 0.15) is 0 Å². The van der Waals surface area contributed by atoms with Crippen LogP contribution in [0.3, 0.4) is 0 Å². The maximum Gasteiger partial charge on any atom is 0.274 e. The second kappa shape index (κ2) is 8.02. The van der Waals surface area contributed by atoms with Gasteiger partial charge in [-0.25, -0.2) is 9.50 Å². The lowest BCUT2D eigenvalue weighted by atomic mass is 10.2. The van der Waals surface area contributed by atoms with Crippen LogP contribution in [-0.4, -0.2) is 52.0 Å². The van der Waals surface area contributed by atoms with Crippen molar-refractivity contribution in [3.05, 3.63) is 52.3 Å². The van der Waals surface area contributed by atoms with E-state index in [1.54, 1.807) is 34.9 Å². The molecule has 0 saturated heterocycles. The van der Waals surface area contributed by atoms with E-state index in [0.29, 0.717) is 17.9 Å². The van der Waals surface area contributed by atoms with Crippen LogP contribution < -0.4 is 0 Å². The summed E-state index contributed by atoms with van der Waals surface area (Å²) >= 11 is 3.51. The molecule has 9 nitrogen and oxygen atoms in total. The zero-order valence-electron chi connectivity index (χ0n) is 17.4. The van der Waals surface area contributed by atoms with Gasteiger partial charge in [-0.15, -0.1) is 0 Å². The Balaban J connectivity index is 1.67. The van der Waals surface area contributed by atoms with Crippen molar-refractivity contribution in [3.63, 3.8) is 0 Å². The number of rotatable bonds is 6. The quantitative estimate of drug-likeness (QED) is 0.431. The molecule has 0 aliphatic rings. The molecule has 0 fully saturated rings. The second-order valence-corrected chi connectivity index (χ2v) is 7.86. The number of halogens is 1. The first-order chi connectivity index (χ1) is 14.4. The number of aryl methyl sites for hydroxylation is 2. The van der Waals surface area contributed by atoms with E-state index in [1.165, 1.54) is 0 Å². The van der Waals surface area contributed by atoms with Crippen molar-refractivity contribution in [1.29, 1.82) is 0 Å². The summed E-state index contributed by atoms with van der Waals surface area (Å²) in [6, 6.07) is 3.60. The van der Waals surface area contributed by atoms with Gasteiger partial charge in [0, 0.05) is 43.7 Å². The van der Waals surface area contributed by atoms with E-state index < -0.39 is 0 Å². The molecule has 0 N–H and O–H groups in total. The molecule has 4 rings (SSSR count). The van der Waals surface area contributed by atoms with Gasteiger partial charge in [0.25, 0.3) is 5.91 Å². The van der Waals surface area contributed by atoms with Gasteiger partial charge in [0.2, 0.25) is 0 Å². The smallest absolute Gasteiger partial charge is 0.274 e. The molecule has 10 heteroatoms. The lowest BCUT2D eigenvalue weighted by molar-refractivity contribution is 0.0775. The summed E-state index contributed by atoms with van der Waals surface area (Å²) in [6.45, 7) is 8.03. The molecule has 0 aromatic carbocycles. The summed E-state index contributed by atoms with van der Waals surface area (Å²) in [5, 5.41) is 13.3. The highest BCUT2D eigenvalue weighted by molar-refractivity contribution is 9.10. The lowest BCUT2D eigenvalue weighted by Gasteiger charge is -2.17. The molecule has 0 aliphatic heterocycles. The number of carbonyl (C=O) groups excluding carboxylic acids is 1. The van der Waals surface area contributed by atoms with Crippen LogP contribution in [0.5, 0.6) is 0 Å². The molecular weight excluding hydrogens is 448 g/mol. The fourth-order valence-electron chi connectivity index (χ4n) is 3.53. The predicted molar refractivity (Wildman–Crippen MR) is 116 cm³/mol. The normalized spacial score (nSPS) is 11.4. The maximum absolute atomic E-state index is 13.1. The Morgan fingerprint density at radius 2 is 1.90 bits per heavy atom. The average molecular weight is 471 g/mol. The van der Waals surface area contributed by atoms with Crippen LogP contribution >= 0.6 is 15.9 Å². The largest absolute Gasteiger partial charge is 0.334 e. The third kappa shape index (κ3) is 3.41. The molecule has 156 valence electrons. The van der Waals surface area contributed by atoms with Gasteiger partial charge in [-0.1, -0.05) is 0 Å². The van der Waals surface area contributed by atoms with E-state index >= 15 is 0 Å². The van der Waals surface area contributed by atoms with Crippen molar-refractivity contribution in [3.8, 4) is 11.3 Å². The minimum atomic E-state index is -0.178. The molecular formula is C20H23BrN8O. The van der Waals surface area contributed by atoms with E-state index in [0.717, 1.165) is 40.2 Å². The lowest BCUT2D eigenvalue weighted by Crippen LogP contribution is -2.28. The Hall–Kier alpha value is -3.01. The molecule has 0 saturated carbocycles. The third-order valence-electron chi connectivity index (χ3n) is 5.19. The summed E-state index contributed by atoms with van der Waals surface area (Å²) < 4.78 is 6.38. The number of hydrogen-bond acceptors (Lipinski definition) is 5. The summed E-state index contributed by atoms with van der Waals surface area (Å²) in [5.41, 5.74) is 4.77. The van der Waals surface area contributed by atoms with Gasteiger partial charge in [0.05, 0.1) is 34.8 Å². The third-order valence-corrected chi connectivity index (χ3v) is 5.85. The SMILES string of the molecule is CCn1ncc(-c2ccnc3cc(C(=O)N(C)Cc4c(Br)cnn4CC)nn23)c1C. The Labute approximate surface area is 182 Å². The fourth-order valence-corrected chi connectivity index (χ4v) is 3.95. The van der Waals surface area contributed by atoms with Gasteiger partial charge >= 0.3 is 0 Å². The molecule has 0 spiro atoms. The van der Waals surface area contributed by atoms with Crippen molar-refractivity contribution in [2.45, 2.75) is 40.4 Å². The van der Waals surface area contributed by atoms with E-state index in [2.05, 4.69) is 43.1 Å². The molecule has 0 atom stereocenters. The van der Waals surface area contributed by atoms with Gasteiger partial charge < -0.3 is 4.90 Å². The number of carbonyl (C=O) groups is 1. The van der Waals surface area contributed by atoms with E-state index in [9.17, 15) is 4.79 Å². The minimum Gasteiger partial charge on any atom is -0.334 e. The predicted octanol–water partition coefficient (Wildman–Crippen LogP) is 3.17. The minimum absolute atomic E-state index is 0.178. The highest BCUT2D eigenvalue weighted by atomic mass is 79.9. The first-order valence-corrected chi connectivity index (χ1v) is 10.6. The molecule has 4 aromatic rings. The van der Waals surface area contributed by atoms with Crippen molar-refractivity contribution in [1.82, 2.24) is 39.1 Å². The molecule has 4 aromatic heterocycles. The molecule has 0 aliphatic carbocycles. The van der Waals surface area contributed by atoms with Crippen LogP contribution in [0.2, 0.25) is 0 Å². The van der Waals surface area contributed by atoms with Crippen molar-refractivity contribution < 1.29 is 4.79 Å². The highest BCUT2D eigenvalue weighted by Crippen LogP contribution is 2.24. The standard InChI is InChI=1S/C20H23BrN8O/c1-5-27-13(3)14(10-23-27)17-7-8-22-19-9-16(25-29(17)19)20(30)26(4)12-18-15(21)11-24-28(18)6-2/h7-11H,5-6,12H2,1-4H3. The summed E-state index contributed by atoms with van der Waals surface area (Å²) in [7, 11) is 1.76. The number of aromatic nitrogens is 7. The first kappa shape index (κ1) is 20.3. The Bertz CT molecular complexity index is 1220. The molecule has 0 radical (unpaired) electrons. The summed E-state index contributed by atoms with van der Waals surface area (Å²) in [6.07, 6.45) is 5.30. The van der Waals surface area contributed by atoms with E-state index in [-0.39, 0.29) is 5.91 Å². The molecule has 0 bridgehead atoms. The number of amides is 1. The van der Waals surface area contributed by atoms with Crippen molar-refractivity contribution in [2.75, 3.05) is 7.05 Å². The first-order valence-electron chi connectivity index (χ1n) is 9.77. The van der Waals surface area contributed by atoms with Gasteiger partial charge in [0.15, 0.2) is 11.3 Å². The zero-order valence-corrected chi connectivity index (χ0v) is 19.0. The fraction of sp³-hybridized carbons (Fsp3) is 0.350. The highest BCUT2D eigenvalue weighted by Gasteiger charge is 2.21. The Kier molecular flexibility index (Phi) is 5.42. The zero-order chi connectivity index (χ0) is 21.4. The summed E-state index contributed by atoms with van der Waals surface area (Å²) in [4.78, 5) is 19.1. The molecule has 4 heterocycles. The number of fused-ring (bicyclic) bond motifs is 1. The molecule has 0 unspecified atom stereocenters. The van der Waals surface area contributed by atoms with Gasteiger partial charge in [-0.3, -0.25) is 14.2 Å². The molecule has 1 amide bonds. The van der Waals surface area contributed by atoms with E-state index in [4.69, 9.17) is 0 Å². The van der Waals surface area contributed by atoms with Crippen molar-refractivity contribution in [2.24, 2.45) is 0 Å². The van der Waals surface area contributed by atoms with Crippen molar-refractivity contribution >= 4 is 27.5 Å². The Morgan fingerprint density at radius 3 is 2.60 bits per heavy atom. The van der Waals surface area contributed by atoms with Gasteiger partial charge in [-0.2, -0.15) is 15.3 Å². The van der Waals surface area contributed by atoms with Crippen LogP contribution in [0.4, 0.5) is 0 Å². The summed E-state index contributed by atoms with van der Waals surface area (Å²) in [5.74, 6) is -0.178. The van der Waals surface area contributed by atoms with Crippen LogP contribution in [0.25, 0.3) is 16.9 Å². The van der Waals surface area contributed by atoms with Crippen LogP contribution in [0, 0.1) is 6.92 Å². The van der Waals surface area contributed by atoms with Gasteiger partial charge in [-0.05, 0) is 42.8 Å². The maximum atomic E-state index is 13.1. The average Bonchev–Trinajstić information content (AvgIpc) is 3.44. The molecule has 30 heavy (non-hydrogen) atoms. The number of nitrogens with zero attached hydrogens (tertiary/aromatic N) is 8. The van der Waals surface area contributed by atoms with Crippen LogP contribution in [0.1, 0.15) is 35.7 Å². The Morgan fingerprint density at radius 1 is 1.17 bits per heavy atom. The topological polar surface area (TPSA) is 86.1 Å². The monoisotopic (exact) mass is 470 g/mol. The van der Waals surface area contributed by atoms with Crippen LogP contribution in [0.15, 0.2) is 35.2 Å². The van der Waals surface area contributed by atoms with E-state index in [1.807, 2.05) is 35.5 Å². The number of hydrogen-bond donors (Lipinski definition) is 0.